The van der Waals surface area contributed by atoms with E-state index in [1.807, 2.05) is 0 Å². The van der Waals surface area contributed by atoms with E-state index in [4.69, 9.17) is 0 Å². The Morgan fingerprint density at radius 2 is 2.40 bits per heavy atom. The second-order valence-corrected chi connectivity index (χ2v) is 3.95. The van der Waals surface area contributed by atoms with E-state index in [0.717, 1.165) is 25.6 Å². The maximum Gasteiger partial charge on any atom is 0.0998 e. The van der Waals surface area contributed by atoms with Crippen LogP contribution in [0.5, 0.6) is 0 Å². The molecule has 0 aromatic heterocycles. The molecule has 4 N–H and O–H groups in total. The zero-order chi connectivity index (χ0) is 10.3. The zero-order valence-electron chi connectivity index (χ0n) is 9.05. The molecule has 4 nitrogen and oxygen atoms in total. The van der Waals surface area contributed by atoms with Crippen LogP contribution in [0.4, 0.5) is 0 Å². The summed E-state index contributed by atoms with van der Waals surface area (Å²) in [5, 5.41) is 13.5. The van der Waals surface area contributed by atoms with Gasteiger partial charge in [-0.25, -0.2) is 0 Å². The Balaban J connectivity index is 1.61. The summed E-state index contributed by atoms with van der Waals surface area (Å²) in [7, 11) is 0. The number of dihydropyridines is 1. The molecule has 0 aromatic carbocycles. The Morgan fingerprint density at radius 3 is 3.13 bits per heavy atom. The van der Waals surface area contributed by atoms with Crippen LogP contribution in [0.15, 0.2) is 24.0 Å². The predicted octanol–water partition coefficient (Wildman–Crippen LogP) is 0.224. The molecule has 1 atom stereocenters. The van der Waals surface area contributed by atoms with Gasteiger partial charge >= 0.3 is 0 Å². The summed E-state index contributed by atoms with van der Waals surface area (Å²) >= 11 is 0. The van der Waals surface area contributed by atoms with E-state index in [2.05, 4.69) is 39.5 Å². The van der Waals surface area contributed by atoms with Gasteiger partial charge in [-0.15, -0.1) is 0 Å². The lowest BCUT2D eigenvalue weighted by atomic mass is 10.1. The molecule has 0 bridgehead atoms. The maximum atomic E-state index is 3.45. The number of piperidine rings is 1. The van der Waals surface area contributed by atoms with Crippen molar-refractivity contribution in [2.45, 2.75) is 25.4 Å². The Labute approximate surface area is 91.2 Å². The highest BCUT2D eigenvalue weighted by Gasteiger charge is 2.10. The van der Waals surface area contributed by atoms with E-state index in [1.54, 1.807) is 0 Å². The summed E-state index contributed by atoms with van der Waals surface area (Å²) < 4.78 is 0. The van der Waals surface area contributed by atoms with Crippen molar-refractivity contribution < 1.29 is 0 Å². The molecule has 2 rings (SSSR count). The molecular formula is C11H20N4. The third-order valence-corrected chi connectivity index (χ3v) is 2.75. The zero-order valence-corrected chi connectivity index (χ0v) is 9.05. The molecule has 0 radical (unpaired) electrons. The van der Waals surface area contributed by atoms with Gasteiger partial charge in [0, 0.05) is 6.54 Å². The molecule has 1 unspecified atom stereocenters. The second kappa shape index (κ2) is 5.78. The Morgan fingerprint density at radius 1 is 1.40 bits per heavy atom. The molecule has 0 saturated carbocycles. The standard InChI is InChI=1S/C11H20N4/c1-3-7-12-10(5-1)14-9-15-11-6-2-4-8-13-11/h1,3,5,11-15H,2,4,6-9H2. The Kier molecular flexibility index (Phi) is 4.05. The predicted molar refractivity (Wildman–Crippen MR) is 62.0 cm³/mol. The molecule has 1 saturated heterocycles. The van der Waals surface area contributed by atoms with Crippen LogP contribution in [-0.4, -0.2) is 25.9 Å². The van der Waals surface area contributed by atoms with E-state index >= 15 is 0 Å². The lowest BCUT2D eigenvalue weighted by Gasteiger charge is -2.25. The number of hydrogen-bond acceptors (Lipinski definition) is 4. The summed E-state index contributed by atoms with van der Waals surface area (Å²) in [6.45, 7) is 2.87. The third-order valence-electron chi connectivity index (χ3n) is 2.75. The molecule has 0 amide bonds. The van der Waals surface area contributed by atoms with Crippen molar-refractivity contribution in [3.63, 3.8) is 0 Å². The second-order valence-electron chi connectivity index (χ2n) is 3.95. The van der Waals surface area contributed by atoms with Crippen molar-refractivity contribution in [3.05, 3.63) is 24.0 Å². The van der Waals surface area contributed by atoms with E-state index in [0.29, 0.717) is 6.17 Å². The van der Waals surface area contributed by atoms with Crippen molar-refractivity contribution in [1.29, 1.82) is 0 Å². The minimum Gasteiger partial charge on any atom is -0.368 e. The molecule has 2 heterocycles. The van der Waals surface area contributed by atoms with Crippen molar-refractivity contribution in [2.75, 3.05) is 19.8 Å². The van der Waals surface area contributed by atoms with E-state index in [-0.39, 0.29) is 0 Å². The Bertz CT molecular complexity index is 241. The molecule has 0 aromatic rings. The average Bonchev–Trinajstić information content (AvgIpc) is 2.32. The van der Waals surface area contributed by atoms with Gasteiger partial charge in [-0.05, 0) is 31.9 Å². The van der Waals surface area contributed by atoms with E-state index in [1.165, 1.54) is 19.3 Å². The van der Waals surface area contributed by atoms with Crippen LogP contribution < -0.4 is 21.3 Å². The van der Waals surface area contributed by atoms with Crippen molar-refractivity contribution in [3.8, 4) is 0 Å². The minimum absolute atomic E-state index is 0.478. The first-order chi connectivity index (χ1) is 7.45. The monoisotopic (exact) mass is 208 g/mol. The quantitative estimate of drug-likeness (QED) is 0.499. The molecule has 0 aliphatic carbocycles. The van der Waals surface area contributed by atoms with Crippen LogP contribution in [0.2, 0.25) is 0 Å². The molecule has 0 spiro atoms. The van der Waals surface area contributed by atoms with Crippen LogP contribution in [0, 0.1) is 0 Å². The lowest BCUT2D eigenvalue weighted by Crippen LogP contribution is -2.49. The highest BCUT2D eigenvalue weighted by molar-refractivity contribution is 5.15. The van der Waals surface area contributed by atoms with Crippen LogP contribution in [0.1, 0.15) is 19.3 Å². The van der Waals surface area contributed by atoms with Crippen molar-refractivity contribution in [2.24, 2.45) is 0 Å². The van der Waals surface area contributed by atoms with E-state index < -0.39 is 0 Å². The fourth-order valence-electron chi connectivity index (χ4n) is 1.88. The molecular weight excluding hydrogens is 188 g/mol. The van der Waals surface area contributed by atoms with Gasteiger partial charge in [0.05, 0.1) is 18.7 Å². The Hall–Kier alpha value is -1.00. The van der Waals surface area contributed by atoms with Crippen LogP contribution in [0.3, 0.4) is 0 Å². The van der Waals surface area contributed by atoms with Crippen LogP contribution in [-0.2, 0) is 0 Å². The number of rotatable bonds is 4. The number of nitrogens with one attached hydrogen (secondary N) is 4. The summed E-state index contributed by atoms with van der Waals surface area (Å²) in [5.41, 5.74) is 0. The molecule has 2 aliphatic heterocycles. The van der Waals surface area contributed by atoms with E-state index in [9.17, 15) is 0 Å². The molecule has 2 aliphatic rings. The average molecular weight is 208 g/mol. The van der Waals surface area contributed by atoms with Gasteiger partial charge in [-0.2, -0.15) is 0 Å². The van der Waals surface area contributed by atoms with Crippen LogP contribution in [0.25, 0.3) is 0 Å². The SMILES string of the molecule is C1=CCNC(NCNC2CCCCN2)=C1. The minimum atomic E-state index is 0.478. The highest BCUT2D eigenvalue weighted by Crippen LogP contribution is 2.03. The van der Waals surface area contributed by atoms with Gasteiger partial charge in [-0.3, -0.25) is 5.32 Å². The first-order valence-corrected chi connectivity index (χ1v) is 5.76. The normalized spacial score (nSPS) is 25.6. The molecule has 4 heteroatoms. The topological polar surface area (TPSA) is 48.1 Å². The maximum absolute atomic E-state index is 3.45. The first kappa shape index (κ1) is 10.5. The third kappa shape index (κ3) is 3.57. The smallest absolute Gasteiger partial charge is 0.0998 e. The fraction of sp³-hybridized carbons (Fsp3) is 0.636. The number of hydrogen-bond donors (Lipinski definition) is 4. The molecule has 84 valence electrons. The van der Waals surface area contributed by atoms with Gasteiger partial charge in [-0.1, -0.05) is 12.2 Å². The summed E-state index contributed by atoms with van der Waals surface area (Å²) in [4.78, 5) is 0. The van der Waals surface area contributed by atoms with Gasteiger partial charge < -0.3 is 16.0 Å². The van der Waals surface area contributed by atoms with Crippen molar-refractivity contribution >= 4 is 0 Å². The first-order valence-electron chi connectivity index (χ1n) is 5.76. The molecule has 1 fully saturated rings. The van der Waals surface area contributed by atoms with Gasteiger partial charge in [0.2, 0.25) is 0 Å². The largest absolute Gasteiger partial charge is 0.368 e. The van der Waals surface area contributed by atoms with Gasteiger partial charge in [0.1, 0.15) is 0 Å². The van der Waals surface area contributed by atoms with Gasteiger partial charge in [0.15, 0.2) is 0 Å². The fourth-order valence-corrected chi connectivity index (χ4v) is 1.88. The highest BCUT2D eigenvalue weighted by atomic mass is 15.2. The molecule has 15 heavy (non-hydrogen) atoms. The lowest BCUT2D eigenvalue weighted by molar-refractivity contribution is 0.338. The van der Waals surface area contributed by atoms with Crippen molar-refractivity contribution in [1.82, 2.24) is 21.3 Å². The van der Waals surface area contributed by atoms with Crippen LogP contribution >= 0.6 is 0 Å². The number of allylic oxidation sites excluding steroid dienone is 2. The summed E-state index contributed by atoms with van der Waals surface area (Å²) in [5.74, 6) is 1.10. The summed E-state index contributed by atoms with van der Waals surface area (Å²) in [6, 6.07) is 0. The summed E-state index contributed by atoms with van der Waals surface area (Å²) in [6.07, 6.45) is 10.6. The van der Waals surface area contributed by atoms with Gasteiger partial charge in [0.25, 0.3) is 0 Å².